The summed E-state index contributed by atoms with van der Waals surface area (Å²) in [6.45, 7) is 2.91. The Morgan fingerprint density at radius 3 is 2.43 bits per heavy atom. The molecule has 0 atom stereocenters. The van der Waals surface area contributed by atoms with Crippen molar-refractivity contribution in [2.24, 2.45) is 5.92 Å². The quantitative estimate of drug-likeness (QED) is 0.884. The first-order valence-corrected chi connectivity index (χ1v) is 8.19. The van der Waals surface area contributed by atoms with Gasteiger partial charge in [0.2, 0.25) is 0 Å². The third kappa shape index (κ3) is 4.02. The van der Waals surface area contributed by atoms with E-state index >= 15 is 0 Å². The zero-order chi connectivity index (χ0) is 16.1. The zero-order valence-electron chi connectivity index (χ0n) is 13.2. The van der Waals surface area contributed by atoms with E-state index in [1.54, 1.807) is 12.1 Å². The highest BCUT2D eigenvalue weighted by Crippen LogP contribution is 2.30. The molecule has 3 rings (SSSR count). The molecule has 0 amide bonds. The zero-order valence-corrected chi connectivity index (χ0v) is 13.2. The Labute approximate surface area is 136 Å². The number of para-hydroxylation sites is 2. The summed E-state index contributed by atoms with van der Waals surface area (Å²) in [5, 5.41) is 12.7. The van der Waals surface area contributed by atoms with Crippen molar-refractivity contribution in [1.82, 2.24) is 0 Å². The Kier molecular flexibility index (Phi) is 5.13. The maximum absolute atomic E-state index is 13.0. The highest BCUT2D eigenvalue weighted by Gasteiger charge is 2.20. The molecule has 1 aliphatic rings. The normalized spacial score (nSPS) is 15.7. The van der Waals surface area contributed by atoms with Gasteiger partial charge in [0.1, 0.15) is 5.82 Å². The molecule has 0 saturated carbocycles. The number of benzene rings is 2. The summed E-state index contributed by atoms with van der Waals surface area (Å²) in [5.41, 5.74) is 3.35. The Morgan fingerprint density at radius 2 is 1.74 bits per heavy atom. The molecular weight excluding hydrogens is 291 g/mol. The Morgan fingerprint density at radius 1 is 1.04 bits per heavy atom. The van der Waals surface area contributed by atoms with Crippen LogP contribution >= 0.6 is 0 Å². The summed E-state index contributed by atoms with van der Waals surface area (Å²) in [4.78, 5) is 2.37. The van der Waals surface area contributed by atoms with Crippen LogP contribution in [-0.2, 0) is 6.54 Å². The fraction of sp³-hybridized carbons (Fsp3) is 0.368. The summed E-state index contributed by atoms with van der Waals surface area (Å²) in [5.74, 6) is 0.228. The fourth-order valence-corrected chi connectivity index (χ4v) is 3.05. The second-order valence-corrected chi connectivity index (χ2v) is 6.11. The lowest BCUT2D eigenvalue weighted by Crippen LogP contribution is -2.35. The van der Waals surface area contributed by atoms with E-state index in [9.17, 15) is 9.50 Å². The highest BCUT2D eigenvalue weighted by atomic mass is 19.1. The minimum absolute atomic E-state index is 0.207. The van der Waals surface area contributed by atoms with E-state index in [0.29, 0.717) is 12.5 Å². The van der Waals surface area contributed by atoms with Crippen molar-refractivity contribution >= 4 is 11.4 Å². The largest absolute Gasteiger partial charge is 0.396 e. The van der Waals surface area contributed by atoms with Crippen LogP contribution in [-0.4, -0.2) is 24.8 Å². The minimum Gasteiger partial charge on any atom is -0.396 e. The maximum Gasteiger partial charge on any atom is 0.123 e. The molecule has 1 saturated heterocycles. The molecule has 0 unspecified atom stereocenters. The second kappa shape index (κ2) is 7.47. The number of hydrogen-bond donors (Lipinski definition) is 2. The van der Waals surface area contributed by atoms with Gasteiger partial charge in [-0.25, -0.2) is 4.39 Å². The van der Waals surface area contributed by atoms with Gasteiger partial charge < -0.3 is 15.3 Å². The first-order valence-electron chi connectivity index (χ1n) is 8.19. The molecule has 23 heavy (non-hydrogen) atoms. The third-order valence-corrected chi connectivity index (χ3v) is 4.51. The molecule has 2 aromatic rings. The van der Waals surface area contributed by atoms with Crippen molar-refractivity contribution in [3.63, 3.8) is 0 Å². The smallest absolute Gasteiger partial charge is 0.123 e. The van der Waals surface area contributed by atoms with Crippen molar-refractivity contribution in [3.8, 4) is 0 Å². The average molecular weight is 314 g/mol. The number of aliphatic hydroxyl groups is 1. The molecule has 0 aliphatic carbocycles. The van der Waals surface area contributed by atoms with Crippen molar-refractivity contribution in [3.05, 3.63) is 59.9 Å². The lowest BCUT2D eigenvalue weighted by molar-refractivity contribution is 0.203. The Balaban J connectivity index is 1.67. The van der Waals surface area contributed by atoms with Crippen LogP contribution in [0.3, 0.4) is 0 Å². The van der Waals surface area contributed by atoms with Gasteiger partial charge in [-0.05, 0) is 48.6 Å². The lowest BCUT2D eigenvalue weighted by atomic mass is 9.97. The number of halogens is 1. The van der Waals surface area contributed by atoms with Crippen LogP contribution < -0.4 is 10.2 Å². The number of anilines is 2. The van der Waals surface area contributed by atoms with Crippen LogP contribution in [0.25, 0.3) is 0 Å². The van der Waals surface area contributed by atoms with E-state index in [1.807, 2.05) is 6.07 Å². The van der Waals surface area contributed by atoms with Crippen LogP contribution in [0.2, 0.25) is 0 Å². The van der Waals surface area contributed by atoms with Gasteiger partial charge in [0.15, 0.2) is 0 Å². The molecule has 2 N–H and O–H groups in total. The van der Waals surface area contributed by atoms with Crippen molar-refractivity contribution in [1.29, 1.82) is 0 Å². The number of rotatable bonds is 5. The number of hydrogen-bond acceptors (Lipinski definition) is 3. The third-order valence-electron chi connectivity index (χ3n) is 4.51. The molecular formula is C19H23FN2O. The summed E-state index contributed by atoms with van der Waals surface area (Å²) in [6.07, 6.45) is 2.06. The molecule has 1 heterocycles. The summed E-state index contributed by atoms with van der Waals surface area (Å²) in [7, 11) is 0. The van der Waals surface area contributed by atoms with E-state index in [-0.39, 0.29) is 12.4 Å². The highest BCUT2D eigenvalue weighted by molar-refractivity contribution is 5.70. The molecule has 0 spiro atoms. The van der Waals surface area contributed by atoms with Crippen molar-refractivity contribution < 1.29 is 9.50 Å². The van der Waals surface area contributed by atoms with Gasteiger partial charge in [-0.1, -0.05) is 24.3 Å². The van der Waals surface area contributed by atoms with Gasteiger partial charge in [-0.2, -0.15) is 0 Å². The number of piperidine rings is 1. The van der Waals surface area contributed by atoms with E-state index < -0.39 is 0 Å². The van der Waals surface area contributed by atoms with Crippen LogP contribution in [0.1, 0.15) is 18.4 Å². The van der Waals surface area contributed by atoms with Gasteiger partial charge >= 0.3 is 0 Å². The molecule has 0 radical (unpaired) electrons. The van der Waals surface area contributed by atoms with Gasteiger partial charge in [-0.15, -0.1) is 0 Å². The molecule has 122 valence electrons. The van der Waals surface area contributed by atoms with Gasteiger partial charge in [-0.3, -0.25) is 0 Å². The predicted octanol–water partition coefficient (Wildman–Crippen LogP) is 3.65. The van der Waals surface area contributed by atoms with Crippen LogP contribution in [0, 0.1) is 11.7 Å². The molecule has 3 nitrogen and oxygen atoms in total. The molecule has 2 aromatic carbocycles. The van der Waals surface area contributed by atoms with Crippen LogP contribution in [0.15, 0.2) is 48.5 Å². The van der Waals surface area contributed by atoms with Crippen LogP contribution in [0.4, 0.5) is 15.8 Å². The fourth-order valence-electron chi connectivity index (χ4n) is 3.05. The van der Waals surface area contributed by atoms with E-state index in [2.05, 4.69) is 28.4 Å². The molecule has 4 heteroatoms. The predicted molar refractivity (Wildman–Crippen MR) is 92.2 cm³/mol. The van der Waals surface area contributed by atoms with Crippen molar-refractivity contribution in [2.75, 3.05) is 29.9 Å². The van der Waals surface area contributed by atoms with E-state index in [4.69, 9.17) is 0 Å². The molecule has 0 bridgehead atoms. The number of aliphatic hydroxyl groups excluding tert-OH is 1. The van der Waals surface area contributed by atoms with Crippen LogP contribution in [0.5, 0.6) is 0 Å². The number of nitrogens with one attached hydrogen (secondary N) is 1. The van der Waals surface area contributed by atoms with Crippen molar-refractivity contribution in [2.45, 2.75) is 19.4 Å². The standard InChI is InChI=1S/C19H23FN2O/c20-17-7-5-15(6-8-17)13-21-18-3-1-2-4-19(18)22-11-9-16(14-23)10-12-22/h1-8,16,21,23H,9-14H2. The monoisotopic (exact) mass is 314 g/mol. The van der Waals surface area contributed by atoms with Gasteiger partial charge in [0, 0.05) is 26.2 Å². The maximum atomic E-state index is 13.0. The van der Waals surface area contributed by atoms with E-state index in [1.165, 1.54) is 17.8 Å². The first-order chi connectivity index (χ1) is 11.3. The lowest BCUT2D eigenvalue weighted by Gasteiger charge is -2.34. The topological polar surface area (TPSA) is 35.5 Å². The molecule has 0 aromatic heterocycles. The summed E-state index contributed by atoms with van der Waals surface area (Å²) >= 11 is 0. The second-order valence-electron chi connectivity index (χ2n) is 6.11. The summed E-state index contributed by atoms with van der Waals surface area (Å²) in [6, 6.07) is 14.9. The SMILES string of the molecule is OCC1CCN(c2ccccc2NCc2ccc(F)cc2)CC1. The Bertz CT molecular complexity index is 622. The average Bonchev–Trinajstić information content (AvgIpc) is 2.62. The number of nitrogens with zero attached hydrogens (tertiary/aromatic N) is 1. The molecule has 1 fully saturated rings. The minimum atomic E-state index is -0.207. The van der Waals surface area contributed by atoms with Gasteiger partial charge in [0.05, 0.1) is 11.4 Å². The Hall–Kier alpha value is -2.07. The van der Waals surface area contributed by atoms with E-state index in [0.717, 1.165) is 37.2 Å². The summed E-state index contributed by atoms with van der Waals surface area (Å²) < 4.78 is 13.0. The first kappa shape index (κ1) is 15.8. The molecule has 1 aliphatic heterocycles. The van der Waals surface area contributed by atoms with Gasteiger partial charge in [0.25, 0.3) is 0 Å².